The van der Waals surface area contributed by atoms with E-state index in [4.69, 9.17) is 13.9 Å². The summed E-state index contributed by atoms with van der Waals surface area (Å²) >= 11 is 1.58. The lowest BCUT2D eigenvalue weighted by molar-refractivity contribution is -0.125. The number of fused-ring (bicyclic) bond motifs is 3. The van der Waals surface area contributed by atoms with Gasteiger partial charge in [0.15, 0.2) is 11.5 Å². The molecule has 2 amide bonds. The molecule has 1 saturated heterocycles. The number of carbonyl (C=O) groups is 2. The van der Waals surface area contributed by atoms with Gasteiger partial charge in [0.05, 0.1) is 32.6 Å². The molecule has 0 aliphatic carbocycles. The van der Waals surface area contributed by atoms with Crippen LogP contribution in [-0.4, -0.2) is 42.7 Å². The smallest absolute Gasteiger partial charge is 0.260 e. The van der Waals surface area contributed by atoms with Crippen LogP contribution in [0.4, 0.5) is 0 Å². The molecule has 4 rings (SSSR count). The molecule has 7 nitrogen and oxygen atoms in total. The molecule has 0 saturated carbocycles. The molecular formula is C18H18N2O5S. The molecule has 2 aromatic rings. The van der Waals surface area contributed by atoms with Gasteiger partial charge in [0.25, 0.3) is 5.91 Å². The van der Waals surface area contributed by atoms with Gasteiger partial charge in [-0.05, 0) is 18.2 Å². The van der Waals surface area contributed by atoms with Gasteiger partial charge in [-0.2, -0.15) is 0 Å². The first-order valence-electron chi connectivity index (χ1n) is 8.15. The number of hydrogen-bond acceptors (Lipinski definition) is 6. The normalized spacial score (nSPS) is 20.7. The quantitative estimate of drug-likeness (QED) is 0.864. The predicted octanol–water partition coefficient (Wildman–Crippen LogP) is 2.18. The highest BCUT2D eigenvalue weighted by Crippen LogP contribution is 2.52. The van der Waals surface area contributed by atoms with E-state index in [2.05, 4.69) is 5.32 Å². The zero-order valence-corrected chi connectivity index (χ0v) is 15.2. The van der Waals surface area contributed by atoms with Crippen molar-refractivity contribution in [3.05, 3.63) is 47.4 Å². The van der Waals surface area contributed by atoms with Gasteiger partial charge in [0, 0.05) is 11.3 Å². The van der Waals surface area contributed by atoms with Gasteiger partial charge in [-0.15, -0.1) is 11.8 Å². The molecule has 2 atom stereocenters. The van der Waals surface area contributed by atoms with E-state index in [1.165, 1.54) is 14.2 Å². The highest BCUT2D eigenvalue weighted by atomic mass is 32.2. The van der Waals surface area contributed by atoms with Crippen molar-refractivity contribution in [3.63, 3.8) is 0 Å². The van der Waals surface area contributed by atoms with Crippen molar-refractivity contribution in [2.45, 2.75) is 18.0 Å². The fourth-order valence-electron chi connectivity index (χ4n) is 3.40. The van der Waals surface area contributed by atoms with E-state index in [1.54, 1.807) is 41.1 Å². The summed E-state index contributed by atoms with van der Waals surface area (Å²) in [6.07, 6.45) is 1.56. The van der Waals surface area contributed by atoms with Crippen molar-refractivity contribution in [3.8, 4) is 11.5 Å². The second-order valence-electron chi connectivity index (χ2n) is 5.98. The predicted molar refractivity (Wildman–Crippen MR) is 95.3 cm³/mol. The lowest BCUT2D eigenvalue weighted by atomic mass is 10.1. The molecule has 3 heterocycles. The highest BCUT2D eigenvalue weighted by Gasteiger charge is 2.50. The summed E-state index contributed by atoms with van der Waals surface area (Å²) in [5.41, 5.74) is 1.34. The molecular weight excluding hydrogens is 356 g/mol. The molecule has 1 aromatic heterocycles. The Hall–Kier alpha value is -2.61. The number of ether oxygens (including phenoxy) is 2. The van der Waals surface area contributed by atoms with Gasteiger partial charge in [0.1, 0.15) is 17.2 Å². The largest absolute Gasteiger partial charge is 0.493 e. The van der Waals surface area contributed by atoms with Gasteiger partial charge in [-0.25, -0.2) is 0 Å². The van der Waals surface area contributed by atoms with E-state index in [9.17, 15) is 9.59 Å². The lowest BCUT2D eigenvalue weighted by Crippen LogP contribution is -2.45. The summed E-state index contributed by atoms with van der Waals surface area (Å²) in [4.78, 5) is 27.3. The third kappa shape index (κ3) is 2.52. The first-order chi connectivity index (χ1) is 12.7. The van der Waals surface area contributed by atoms with Crippen LogP contribution in [0, 0.1) is 0 Å². The van der Waals surface area contributed by atoms with Gasteiger partial charge in [-0.3, -0.25) is 9.59 Å². The van der Waals surface area contributed by atoms with Gasteiger partial charge in [-0.1, -0.05) is 6.07 Å². The van der Waals surface area contributed by atoms with E-state index in [0.29, 0.717) is 35.1 Å². The summed E-state index contributed by atoms with van der Waals surface area (Å²) in [7, 11) is 3.04. The van der Waals surface area contributed by atoms with Crippen molar-refractivity contribution in [1.82, 2.24) is 10.2 Å². The number of carbonyl (C=O) groups excluding carboxylic acids is 2. The maximum absolute atomic E-state index is 13.1. The van der Waals surface area contributed by atoms with Crippen LogP contribution < -0.4 is 14.8 Å². The van der Waals surface area contributed by atoms with E-state index in [1.807, 2.05) is 6.07 Å². The lowest BCUT2D eigenvalue weighted by Gasteiger charge is -2.22. The van der Waals surface area contributed by atoms with Crippen LogP contribution in [0.25, 0.3) is 0 Å². The number of thioether (sulfide) groups is 1. The van der Waals surface area contributed by atoms with Gasteiger partial charge >= 0.3 is 0 Å². The van der Waals surface area contributed by atoms with Crippen LogP contribution in [0.5, 0.6) is 11.5 Å². The number of methoxy groups -OCH3 is 2. The van der Waals surface area contributed by atoms with E-state index < -0.39 is 6.04 Å². The fraction of sp³-hybridized carbons (Fsp3) is 0.333. The Bertz CT molecular complexity index is 852. The standard InChI is InChI=1S/C18H18N2O5S/c1-23-13-6-5-11-14(15(13)24-2)17(22)20-12(9-26-18(11)20)16(21)19-8-10-4-3-7-25-10/h3-7,12,18H,8-9H2,1-2H3,(H,19,21)/t12-,18+/m1/s1. The average Bonchev–Trinajstić information content (AvgIpc) is 3.37. The Kier molecular flexibility index (Phi) is 4.28. The first-order valence-corrected chi connectivity index (χ1v) is 9.19. The average molecular weight is 374 g/mol. The third-order valence-electron chi connectivity index (χ3n) is 4.61. The highest BCUT2D eigenvalue weighted by molar-refractivity contribution is 7.99. The molecule has 2 aliphatic rings. The molecule has 2 aliphatic heterocycles. The van der Waals surface area contributed by atoms with E-state index in [-0.39, 0.29) is 17.2 Å². The van der Waals surface area contributed by atoms with Crippen molar-refractivity contribution < 1.29 is 23.5 Å². The number of benzene rings is 1. The van der Waals surface area contributed by atoms with Crippen molar-refractivity contribution in [2.75, 3.05) is 20.0 Å². The molecule has 0 spiro atoms. The number of rotatable bonds is 5. The van der Waals surface area contributed by atoms with Crippen LogP contribution in [0.3, 0.4) is 0 Å². The second-order valence-corrected chi connectivity index (χ2v) is 7.09. The molecule has 8 heteroatoms. The third-order valence-corrected chi connectivity index (χ3v) is 5.92. The Morgan fingerprint density at radius 1 is 1.35 bits per heavy atom. The van der Waals surface area contributed by atoms with Crippen LogP contribution in [-0.2, 0) is 11.3 Å². The van der Waals surface area contributed by atoms with Gasteiger partial charge < -0.3 is 24.1 Å². The van der Waals surface area contributed by atoms with Crippen molar-refractivity contribution in [1.29, 1.82) is 0 Å². The van der Waals surface area contributed by atoms with Crippen molar-refractivity contribution in [2.24, 2.45) is 0 Å². The summed E-state index contributed by atoms with van der Waals surface area (Å²) < 4.78 is 15.9. The first kappa shape index (κ1) is 16.8. The fourth-order valence-corrected chi connectivity index (χ4v) is 4.85. The molecule has 1 fully saturated rings. The number of nitrogens with one attached hydrogen (secondary N) is 1. The van der Waals surface area contributed by atoms with Crippen LogP contribution in [0.1, 0.15) is 27.1 Å². The topological polar surface area (TPSA) is 81.0 Å². The Morgan fingerprint density at radius 2 is 2.19 bits per heavy atom. The van der Waals surface area contributed by atoms with Crippen LogP contribution in [0.2, 0.25) is 0 Å². The van der Waals surface area contributed by atoms with Crippen molar-refractivity contribution >= 4 is 23.6 Å². The molecule has 136 valence electrons. The SMILES string of the molecule is COc1ccc2c(c1OC)C(=O)N1[C@@H](C(=O)NCc3ccco3)CS[C@@H]21. The summed E-state index contributed by atoms with van der Waals surface area (Å²) in [5, 5.41) is 2.66. The zero-order chi connectivity index (χ0) is 18.3. The minimum absolute atomic E-state index is 0.184. The number of nitrogens with zero attached hydrogens (tertiary/aromatic N) is 1. The van der Waals surface area contributed by atoms with Crippen LogP contribution in [0.15, 0.2) is 34.9 Å². The maximum atomic E-state index is 13.1. The molecule has 0 radical (unpaired) electrons. The minimum atomic E-state index is -0.532. The second kappa shape index (κ2) is 6.60. The van der Waals surface area contributed by atoms with Gasteiger partial charge in [0.2, 0.25) is 5.91 Å². The summed E-state index contributed by atoms with van der Waals surface area (Å²) in [5.74, 6) is 1.74. The maximum Gasteiger partial charge on any atom is 0.260 e. The molecule has 0 unspecified atom stereocenters. The minimum Gasteiger partial charge on any atom is -0.493 e. The number of furan rings is 1. The zero-order valence-electron chi connectivity index (χ0n) is 14.4. The monoisotopic (exact) mass is 374 g/mol. The molecule has 1 aromatic carbocycles. The summed E-state index contributed by atoms with van der Waals surface area (Å²) in [6, 6.07) is 6.69. The van der Waals surface area contributed by atoms with Crippen LogP contribution >= 0.6 is 11.8 Å². The number of hydrogen-bond donors (Lipinski definition) is 1. The molecule has 0 bridgehead atoms. The number of amides is 2. The summed E-state index contributed by atoms with van der Waals surface area (Å²) in [6.45, 7) is 0.295. The Labute approximate surface area is 154 Å². The van der Waals surface area contributed by atoms with E-state index in [0.717, 1.165) is 5.56 Å². The Balaban J connectivity index is 1.58. The molecule has 26 heavy (non-hydrogen) atoms. The molecule has 1 N–H and O–H groups in total. The van der Waals surface area contributed by atoms with E-state index >= 15 is 0 Å². The Morgan fingerprint density at radius 3 is 2.88 bits per heavy atom.